The highest BCUT2D eigenvalue weighted by Gasteiger charge is 2.31. The van der Waals surface area contributed by atoms with Gasteiger partial charge in [0.05, 0.1) is 5.92 Å². The van der Waals surface area contributed by atoms with Crippen molar-refractivity contribution in [2.75, 3.05) is 19.6 Å². The Balaban J connectivity index is 1.95. The van der Waals surface area contributed by atoms with Crippen LogP contribution >= 0.6 is 0 Å². The fourth-order valence-electron chi connectivity index (χ4n) is 2.88. The van der Waals surface area contributed by atoms with Crippen LogP contribution in [-0.4, -0.2) is 41.5 Å². The summed E-state index contributed by atoms with van der Waals surface area (Å²) in [7, 11) is 0. The molecule has 0 aromatic heterocycles. The second kappa shape index (κ2) is 7.22. The second-order valence-electron chi connectivity index (χ2n) is 5.57. The summed E-state index contributed by atoms with van der Waals surface area (Å²) in [5.74, 6) is -0.728. The van der Waals surface area contributed by atoms with Crippen LogP contribution in [0.5, 0.6) is 0 Å². The minimum absolute atomic E-state index is 0.0570. The molecule has 1 fully saturated rings. The zero-order valence-electron chi connectivity index (χ0n) is 12.1. The van der Waals surface area contributed by atoms with Crippen LogP contribution < -0.4 is 5.73 Å². The molecule has 1 aromatic carbocycles. The quantitative estimate of drug-likeness (QED) is 0.830. The molecule has 1 amide bonds. The van der Waals surface area contributed by atoms with Crippen molar-refractivity contribution in [1.82, 2.24) is 4.90 Å². The lowest BCUT2D eigenvalue weighted by molar-refractivity contribution is -0.137. The lowest BCUT2D eigenvalue weighted by Gasteiger charge is -2.23. The minimum atomic E-state index is -0.774. The van der Waals surface area contributed by atoms with Gasteiger partial charge in [-0.25, -0.2) is 0 Å². The van der Waals surface area contributed by atoms with E-state index in [1.807, 2.05) is 35.2 Å². The molecule has 0 bridgehead atoms. The predicted molar refractivity (Wildman–Crippen MR) is 79.8 cm³/mol. The third-order valence-electron chi connectivity index (χ3n) is 4.10. The molecule has 2 atom stereocenters. The Bertz CT molecular complexity index is 490. The summed E-state index contributed by atoms with van der Waals surface area (Å²) in [5, 5.41) is 8.73. The third-order valence-corrected chi connectivity index (χ3v) is 4.10. The first-order valence-corrected chi connectivity index (χ1v) is 7.37. The van der Waals surface area contributed by atoms with Crippen molar-refractivity contribution in [3.8, 4) is 0 Å². The standard InChI is InChI=1S/C16H22N2O3/c17-10-14(13-4-2-1-3-5-13)16(21)18-9-8-12(11-18)6-7-15(19)20/h1-5,12,14H,6-11,17H2,(H,19,20). The molecule has 1 aliphatic rings. The molecule has 2 rings (SSSR count). The van der Waals surface area contributed by atoms with Crippen molar-refractivity contribution in [2.45, 2.75) is 25.2 Å². The SMILES string of the molecule is NCC(C(=O)N1CCC(CCC(=O)O)C1)c1ccccc1. The van der Waals surface area contributed by atoms with Gasteiger partial charge in [0.25, 0.3) is 0 Å². The van der Waals surface area contributed by atoms with E-state index >= 15 is 0 Å². The number of benzene rings is 1. The van der Waals surface area contributed by atoms with Gasteiger partial charge in [-0.15, -0.1) is 0 Å². The van der Waals surface area contributed by atoms with Gasteiger partial charge in [-0.1, -0.05) is 30.3 Å². The highest BCUT2D eigenvalue weighted by Crippen LogP contribution is 2.25. The summed E-state index contributed by atoms with van der Waals surface area (Å²) in [6.45, 7) is 1.64. The first-order chi connectivity index (χ1) is 10.1. The van der Waals surface area contributed by atoms with Crippen LogP contribution in [0.1, 0.15) is 30.7 Å². The first kappa shape index (κ1) is 15.5. The third kappa shape index (κ3) is 4.04. The maximum atomic E-state index is 12.6. The molecule has 5 nitrogen and oxygen atoms in total. The molecule has 1 heterocycles. The molecule has 114 valence electrons. The van der Waals surface area contributed by atoms with Crippen LogP contribution in [-0.2, 0) is 9.59 Å². The highest BCUT2D eigenvalue weighted by atomic mass is 16.4. The van der Waals surface area contributed by atoms with Crippen molar-refractivity contribution < 1.29 is 14.7 Å². The number of likely N-dealkylation sites (tertiary alicyclic amines) is 1. The fraction of sp³-hybridized carbons (Fsp3) is 0.500. The van der Waals surface area contributed by atoms with Gasteiger partial charge < -0.3 is 15.7 Å². The molecule has 1 aromatic rings. The Morgan fingerprint density at radius 3 is 2.67 bits per heavy atom. The van der Waals surface area contributed by atoms with E-state index in [0.29, 0.717) is 32.0 Å². The smallest absolute Gasteiger partial charge is 0.303 e. The number of nitrogens with zero attached hydrogens (tertiary/aromatic N) is 1. The summed E-state index contributed by atoms with van der Waals surface area (Å²) >= 11 is 0. The van der Waals surface area contributed by atoms with Gasteiger partial charge in [-0.2, -0.15) is 0 Å². The molecular formula is C16H22N2O3. The molecule has 1 saturated heterocycles. The molecule has 0 aliphatic carbocycles. The molecule has 2 unspecified atom stereocenters. The summed E-state index contributed by atoms with van der Waals surface area (Å²) in [6, 6.07) is 9.58. The number of nitrogens with two attached hydrogens (primary N) is 1. The highest BCUT2D eigenvalue weighted by molar-refractivity contribution is 5.84. The number of carboxylic acids is 1. The van der Waals surface area contributed by atoms with E-state index in [9.17, 15) is 9.59 Å². The van der Waals surface area contributed by atoms with Crippen molar-refractivity contribution in [3.05, 3.63) is 35.9 Å². The Morgan fingerprint density at radius 2 is 2.05 bits per heavy atom. The Labute approximate surface area is 124 Å². The van der Waals surface area contributed by atoms with Crippen LogP contribution in [0.3, 0.4) is 0 Å². The molecule has 0 spiro atoms. The van der Waals surface area contributed by atoms with Gasteiger partial charge in [0.1, 0.15) is 0 Å². The Hall–Kier alpha value is -1.88. The topological polar surface area (TPSA) is 83.6 Å². The zero-order chi connectivity index (χ0) is 15.2. The number of hydrogen-bond donors (Lipinski definition) is 2. The van der Waals surface area contributed by atoms with E-state index < -0.39 is 5.97 Å². The number of carbonyl (C=O) groups is 2. The Morgan fingerprint density at radius 1 is 1.33 bits per heavy atom. The van der Waals surface area contributed by atoms with Gasteiger partial charge in [0.2, 0.25) is 5.91 Å². The number of carbonyl (C=O) groups excluding carboxylic acids is 1. The lowest BCUT2D eigenvalue weighted by atomic mass is 9.98. The van der Waals surface area contributed by atoms with E-state index in [1.165, 1.54) is 0 Å². The molecule has 0 saturated carbocycles. The number of hydrogen-bond acceptors (Lipinski definition) is 3. The van der Waals surface area contributed by atoms with Crippen molar-refractivity contribution in [2.24, 2.45) is 11.7 Å². The van der Waals surface area contributed by atoms with Gasteiger partial charge >= 0.3 is 5.97 Å². The summed E-state index contributed by atoms with van der Waals surface area (Å²) in [4.78, 5) is 25.0. The minimum Gasteiger partial charge on any atom is -0.481 e. The summed E-state index contributed by atoms with van der Waals surface area (Å²) < 4.78 is 0. The average Bonchev–Trinajstić information content (AvgIpc) is 2.96. The van der Waals surface area contributed by atoms with Crippen LogP contribution in [0.4, 0.5) is 0 Å². The molecular weight excluding hydrogens is 268 g/mol. The zero-order valence-corrected chi connectivity index (χ0v) is 12.1. The van der Waals surface area contributed by atoms with E-state index in [0.717, 1.165) is 12.0 Å². The average molecular weight is 290 g/mol. The van der Waals surface area contributed by atoms with Crippen molar-refractivity contribution >= 4 is 11.9 Å². The van der Waals surface area contributed by atoms with E-state index in [-0.39, 0.29) is 18.2 Å². The largest absolute Gasteiger partial charge is 0.481 e. The van der Waals surface area contributed by atoms with Crippen LogP contribution in [0.15, 0.2) is 30.3 Å². The van der Waals surface area contributed by atoms with E-state index in [1.54, 1.807) is 0 Å². The summed E-state index contributed by atoms with van der Waals surface area (Å²) in [5.41, 5.74) is 6.72. The van der Waals surface area contributed by atoms with E-state index in [4.69, 9.17) is 10.8 Å². The molecule has 0 radical (unpaired) electrons. The maximum Gasteiger partial charge on any atom is 0.303 e. The molecule has 1 aliphatic heterocycles. The van der Waals surface area contributed by atoms with Crippen molar-refractivity contribution in [1.29, 1.82) is 0 Å². The number of amides is 1. The summed E-state index contributed by atoms with van der Waals surface area (Å²) in [6.07, 6.45) is 1.69. The van der Waals surface area contributed by atoms with Gasteiger partial charge in [0.15, 0.2) is 0 Å². The predicted octanol–water partition coefficient (Wildman–Crippen LogP) is 1.44. The van der Waals surface area contributed by atoms with Gasteiger partial charge in [-0.3, -0.25) is 9.59 Å². The molecule has 3 N–H and O–H groups in total. The fourth-order valence-corrected chi connectivity index (χ4v) is 2.88. The lowest BCUT2D eigenvalue weighted by Crippen LogP contribution is -2.36. The van der Waals surface area contributed by atoms with Crippen molar-refractivity contribution in [3.63, 3.8) is 0 Å². The van der Waals surface area contributed by atoms with Crippen LogP contribution in [0, 0.1) is 5.92 Å². The van der Waals surface area contributed by atoms with E-state index in [2.05, 4.69) is 0 Å². The van der Waals surface area contributed by atoms with Crippen LogP contribution in [0.25, 0.3) is 0 Å². The monoisotopic (exact) mass is 290 g/mol. The molecule has 21 heavy (non-hydrogen) atoms. The normalized spacial score (nSPS) is 19.5. The number of aliphatic carboxylic acids is 1. The number of carboxylic acid groups (broad SMARTS) is 1. The Kier molecular flexibility index (Phi) is 5.33. The first-order valence-electron chi connectivity index (χ1n) is 7.37. The maximum absolute atomic E-state index is 12.6. The van der Waals surface area contributed by atoms with Crippen LogP contribution in [0.2, 0.25) is 0 Å². The number of rotatable bonds is 6. The van der Waals surface area contributed by atoms with Gasteiger partial charge in [-0.05, 0) is 24.3 Å². The van der Waals surface area contributed by atoms with Gasteiger partial charge in [0, 0.05) is 26.1 Å². The second-order valence-corrected chi connectivity index (χ2v) is 5.57. The molecule has 5 heteroatoms.